The zero-order chi connectivity index (χ0) is 27.7. The van der Waals surface area contributed by atoms with E-state index in [-0.39, 0.29) is 31.2 Å². The highest BCUT2D eigenvalue weighted by atomic mass is 35.5. The van der Waals surface area contributed by atoms with Crippen LogP contribution in [-0.2, 0) is 6.54 Å². The number of hydrogen-bond acceptors (Lipinski definition) is 6. The molecule has 1 aliphatic heterocycles. The number of carbonyl (C=O) groups is 1. The number of fused-ring (bicyclic) bond motifs is 1. The Morgan fingerprint density at radius 1 is 1.03 bits per heavy atom. The molecule has 1 fully saturated rings. The molecule has 5 rings (SSSR count). The summed E-state index contributed by atoms with van der Waals surface area (Å²) < 4.78 is 19.9. The molecular formula is C28H24ClFN4O5. The lowest BCUT2D eigenvalue weighted by molar-refractivity contribution is -0.385. The van der Waals surface area contributed by atoms with Crippen LogP contribution in [0.3, 0.4) is 0 Å². The Morgan fingerprint density at radius 3 is 2.31 bits per heavy atom. The number of nitro groups is 1. The molecule has 0 atom stereocenters. The van der Waals surface area contributed by atoms with Crippen LogP contribution < -0.4 is 15.2 Å². The number of halogens is 2. The Labute approximate surface area is 227 Å². The number of carbonyl (C=O) groups excluding carboxylic acids is 1. The van der Waals surface area contributed by atoms with Crippen molar-refractivity contribution in [1.29, 1.82) is 0 Å². The lowest BCUT2D eigenvalue weighted by Gasteiger charge is -2.36. The first-order valence-corrected chi connectivity index (χ1v) is 12.6. The average Bonchev–Trinajstić information content (AvgIpc) is 2.95. The third-order valence-corrected chi connectivity index (χ3v) is 7.07. The molecule has 2 heterocycles. The highest BCUT2D eigenvalue weighted by molar-refractivity contribution is 6.31. The molecule has 1 amide bonds. The summed E-state index contributed by atoms with van der Waals surface area (Å²) in [4.78, 5) is 41.6. The minimum Gasteiger partial charge on any atom is -0.497 e. The van der Waals surface area contributed by atoms with E-state index >= 15 is 0 Å². The van der Waals surface area contributed by atoms with Crippen LogP contribution in [0, 0.1) is 15.9 Å². The average molecular weight is 551 g/mol. The lowest BCUT2D eigenvalue weighted by Crippen LogP contribution is -2.49. The Kier molecular flexibility index (Phi) is 7.21. The molecule has 0 unspecified atom stereocenters. The molecule has 1 aromatic heterocycles. The van der Waals surface area contributed by atoms with Gasteiger partial charge in [-0.2, -0.15) is 0 Å². The number of rotatable bonds is 6. The Hall–Kier alpha value is -4.44. The van der Waals surface area contributed by atoms with Crippen molar-refractivity contribution >= 4 is 39.8 Å². The summed E-state index contributed by atoms with van der Waals surface area (Å²) in [6.45, 7) is 1.20. The predicted octanol–water partition coefficient (Wildman–Crippen LogP) is 4.72. The number of piperazine rings is 1. The van der Waals surface area contributed by atoms with Crippen molar-refractivity contribution in [2.75, 3.05) is 38.2 Å². The van der Waals surface area contributed by atoms with Crippen LogP contribution in [0.4, 0.5) is 15.8 Å². The van der Waals surface area contributed by atoms with Gasteiger partial charge in [0.1, 0.15) is 17.3 Å². The van der Waals surface area contributed by atoms with Gasteiger partial charge in [-0.15, -0.1) is 0 Å². The highest BCUT2D eigenvalue weighted by Crippen LogP contribution is 2.36. The summed E-state index contributed by atoms with van der Waals surface area (Å²) in [5.41, 5.74) is 0.423. The van der Waals surface area contributed by atoms with Gasteiger partial charge >= 0.3 is 11.2 Å². The van der Waals surface area contributed by atoms with Gasteiger partial charge in [0.05, 0.1) is 24.1 Å². The first-order valence-electron chi connectivity index (χ1n) is 12.2. The number of amides is 1. The van der Waals surface area contributed by atoms with E-state index in [2.05, 4.69) is 0 Å². The topological polar surface area (TPSA) is 97.9 Å². The standard InChI is InChI=1S/C28H24ClFN4O5/c1-39-22-9-4-19(5-10-22)27(35)32-14-12-31(13-15-32)25-23-16-20(29)6-11-24(23)33(28(36)26(25)34(37)38)17-18-2-7-21(30)8-3-18/h2-11,16H,12-15,17H2,1H3. The molecule has 200 valence electrons. The maximum absolute atomic E-state index is 13.6. The van der Waals surface area contributed by atoms with Gasteiger partial charge in [-0.25, -0.2) is 4.39 Å². The van der Waals surface area contributed by atoms with E-state index < -0.39 is 22.0 Å². The van der Waals surface area contributed by atoms with Gasteiger partial charge in [-0.05, 0) is 60.2 Å². The maximum atomic E-state index is 13.6. The SMILES string of the molecule is COc1ccc(C(=O)N2CCN(c3c([N+](=O)[O-])c(=O)n(Cc4ccc(F)cc4)c4ccc(Cl)cc34)CC2)cc1. The maximum Gasteiger partial charge on any atom is 0.357 e. The second-order valence-electron chi connectivity index (χ2n) is 9.14. The monoisotopic (exact) mass is 550 g/mol. The first kappa shape index (κ1) is 26.2. The number of aromatic nitrogens is 1. The predicted molar refractivity (Wildman–Crippen MR) is 146 cm³/mol. The molecular weight excluding hydrogens is 527 g/mol. The summed E-state index contributed by atoms with van der Waals surface area (Å²) in [5.74, 6) is 0.0616. The second-order valence-corrected chi connectivity index (χ2v) is 9.58. The summed E-state index contributed by atoms with van der Waals surface area (Å²) in [7, 11) is 1.55. The fourth-order valence-corrected chi connectivity index (χ4v) is 5.03. The van der Waals surface area contributed by atoms with Gasteiger partial charge in [0, 0.05) is 42.2 Å². The quantitative estimate of drug-likeness (QED) is 0.254. The van der Waals surface area contributed by atoms with Gasteiger partial charge in [0.2, 0.25) is 0 Å². The van der Waals surface area contributed by atoms with Crippen molar-refractivity contribution in [3.8, 4) is 5.75 Å². The van der Waals surface area contributed by atoms with Crippen molar-refractivity contribution in [2.45, 2.75) is 6.54 Å². The molecule has 0 saturated carbocycles. The molecule has 0 bridgehead atoms. The number of ether oxygens (including phenoxy) is 1. The van der Waals surface area contributed by atoms with Crippen molar-refractivity contribution in [2.24, 2.45) is 0 Å². The number of hydrogen-bond donors (Lipinski definition) is 0. The number of methoxy groups -OCH3 is 1. The van der Waals surface area contributed by atoms with Crippen LogP contribution >= 0.6 is 11.6 Å². The number of anilines is 1. The van der Waals surface area contributed by atoms with Gasteiger partial charge in [-0.3, -0.25) is 24.3 Å². The summed E-state index contributed by atoms with van der Waals surface area (Å²) in [6, 6.07) is 17.3. The van der Waals surface area contributed by atoms with E-state index in [0.29, 0.717) is 45.9 Å². The number of pyridine rings is 1. The van der Waals surface area contributed by atoms with Crippen molar-refractivity contribution in [3.63, 3.8) is 0 Å². The van der Waals surface area contributed by atoms with E-state index in [1.165, 1.54) is 28.8 Å². The third kappa shape index (κ3) is 5.15. The van der Waals surface area contributed by atoms with E-state index in [1.807, 2.05) is 0 Å². The van der Waals surface area contributed by atoms with Gasteiger partial charge in [-0.1, -0.05) is 23.7 Å². The zero-order valence-corrected chi connectivity index (χ0v) is 21.7. The normalized spacial score (nSPS) is 13.5. The van der Waals surface area contributed by atoms with Crippen molar-refractivity contribution in [1.82, 2.24) is 9.47 Å². The Morgan fingerprint density at radius 2 is 1.69 bits per heavy atom. The Balaban J connectivity index is 1.51. The molecule has 0 N–H and O–H groups in total. The summed E-state index contributed by atoms with van der Waals surface area (Å²) >= 11 is 6.31. The zero-order valence-electron chi connectivity index (χ0n) is 21.0. The molecule has 4 aromatic rings. The molecule has 0 spiro atoms. The molecule has 3 aromatic carbocycles. The fraction of sp³-hybridized carbons (Fsp3) is 0.214. The first-order chi connectivity index (χ1) is 18.8. The smallest absolute Gasteiger partial charge is 0.357 e. The van der Waals surface area contributed by atoms with Gasteiger partial charge in [0.25, 0.3) is 5.91 Å². The molecule has 1 aliphatic rings. The molecule has 11 heteroatoms. The van der Waals surface area contributed by atoms with Crippen LogP contribution in [0.15, 0.2) is 71.5 Å². The second kappa shape index (κ2) is 10.7. The largest absolute Gasteiger partial charge is 0.497 e. The molecule has 39 heavy (non-hydrogen) atoms. The fourth-order valence-electron chi connectivity index (χ4n) is 4.86. The number of nitrogens with zero attached hydrogens (tertiary/aromatic N) is 4. The molecule has 0 radical (unpaired) electrons. The summed E-state index contributed by atoms with van der Waals surface area (Å²) in [6.07, 6.45) is 0. The minimum absolute atomic E-state index is 0.0164. The summed E-state index contributed by atoms with van der Waals surface area (Å²) in [5, 5.41) is 13.1. The molecule has 1 saturated heterocycles. The van der Waals surface area contributed by atoms with Crippen LogP contribution in [0.2, 0.25) is 5.02 Å². The Bertz CT molecular complexity index is 1610. The van der Waals surface area contributed by atoms with E-state index in [1.54, 1.807) is 59.4 Å². The van der Waals surface area contributed by atoms with Gasteiger partial charge < -0.3 is 14.5 Å². The van der Waals surface area contributed by atoms with Gasteiger partial charge in [0.15, 0.2) is 0 Å². The lowest BCUT2D eigenvalue weighted by atomic mass is 10.1. The van der Waals surface area contributed by atoms with E-state index in [0.717, 1.165) is 0 Å². The van der Waals surface area contributed by atoms with E-state index in [4.69, 9.17) is 16.3 Å². The third-order valence-electron chi connectivity index (χ3n) is 6.83. The van der Waals surface area contributed by atoms with Crippen molar-refractivity contribution < 1.29 is 18.8 Å². The van der Waals surface area contributed by atoms with E-state index in [9.17, 15) is 24.1 Å². The van der Waals surface area contributed by atoms with Crippen LogP contribution in [0.5, 0.6) is 5.75 Å². The highest BCUT2D eigenvalue weighted by Gasteiger charge is 2.32. The number of benzene rings is 3. The minimum atomic E-state index is -0.772. The van der Waals surface area contributed by atoms with Crippen molar-refractivity contribution in [3.05, 3.63) is 109 Å². The molecule has 9 nitrogen and oxygen atoms in total. The molecule has 0 aliphatic carbocycles. The van der Waals surface area contributed by atoms with Crippen LogP contribution in [0.25, 0.3) is 10.9 Å². The van der Waals surface area contributed by atoms with Crippen LogP contribution in [0.1, 0.15) is 15.9 Å². The van der Waals surface area contributed by atoms with Crippen LogP contribution in [-0.4, -0.2) is 53.6 Å².